The van der Waals surface area contributed by atoms with E-state index in [0.717, 1.165) is 16.1 Å². The zero-order chi connectivity index (χ0) is 27.4. The number of aryl methyl sites for hydroxylation is 1. The normalized spacial score (nSPS) is 12.5. The van der Waals surface area contributed by atoms with E-state index >= 15 is 0 Å². The molecule has 0 heterocycles. The fourth-order valence-electron chi connectivity index (χ4n) is 3.63. The summed E-state index contributed by atoms with van der Waals surface area (Å²) in [7, 11) is -4.66. The number of nitrogens with zero attached hydrogens (tertiary/aromatic N) is 1. The molecule has 3 aromatic rings. The number of hydrogen-bond acceptors (Lipinski definition) is 7. The highest BCUT2D eigenvalue weighted by Crippen LogP contribution is 2.32. The fourth-order valence-corrected chi connectivity index (χ4v) is 5.70. The van der Waals surface area contributed by atoms with Crippen LogP contribution in [0.4, 0.5) is 5.69 Å². The van der Waals surface area contributed by atoms with Crippen LogP contribution in [0.1, 0.15) is 24.1 Å². The minimum absolute atomic E-state index is 0.0667. The second kappa shape index (κ2) is 11.2. The van der Waals surface area contributed by atoms with Crippen molar-refractivity contribution in [3.8, 4) is 11.5 Å². The Morgan fingerprint density at radius 2 is 1.43 bits per heavy atom. The Morgan fingerprint density at radius 3 is 1.97 bits per heavy atom. The molecule has 1 N–H and O–H groups in total. The van der Waals surface area contributed by atoms with Gasteiger partial charge in [-0.2, -0.15) is 0 Å². The summed E-state index contributed by atoms with van der Waals surface area (Å²) in [5.41, 5.74) is 1.92. The van der Waals surface area contributed by atoms with Gasteiger partial charge in [0.1, 0.15) is 6.54 Å². The molecule has 0 saturated heterocycles. The van der Waals surface area contributed by atoms with Crippen LogP contribution in [0.5, 0.6) is 11.5 Å². The molecular formula is C26H30N2O7S2. The summed E-state index contributed by atoms with van der Waals surface area (Å²) in [5.74, 6) is 0.0733. The average Bonchev–Trinajstić information content (AvgIpc) is 2.86. The molecular weight excluding hydrogens is 516 g/mol. The molecule has 0 radical (unpaired) electrons. The molecule has 9 nitrogen and oxygen atoms in total. The second-order valence-corrected chi connectivity index (χ2v) is 12.4. The molecule has 1 atom stereocenters. The van der Waals surface area contributed by atoms with Gasteiger partial charge in [-0.25, -0.2) is 16.8 Å². The molecule has 1 amide bonds. The van der Waals surface area contributed by atoms with Gasteiger partial charge >= 0.3 is 0 Å². The summed E-state index contributed by atoms with van der Waals surface area (Å²) < 4.78 is 62.3. The maximum Gasteiger partial charge on any atom is 0.264 e. The number of sulfone groups is 1. The van der Waals surface area contributed by atoms with Gasteiger partial charge < -0.3 is 14.8 Å². The summed E-state index contributed by atoms with van der Waals surface area (Å²) in [6.07, 6.45) is 1.12. The van der Waals surface area contributed by atoms with Crippen molar-refractivity contribution in [2.45, 2.75) is 29.7 Å². The minimum atomic E-state index is -4.17. The fraction of sp³-hybridized carbons (Fsp3) is 0.269. The van der Waals surface area contributed by atoms with E-state index in [1.807, 2.05) is 6.92 Å². The lowest BCUT2D eigenvalue weighted by Gasteiger charge is -2.25. The molecule has 0 aliphatic carbocycles. The van der Waals surface area contributed by atoms with E-state index in [-0.39, 0.29) is 15.5 Å². The average molecular weight is 547 g/mol. The third kappa shape index (κ3) is 6.60. The first-order valence-electron chi connectivity index (χ1n) is 11.3. The quantitative estimate of drug-likeness (QED) is 0.413. The largest absolute Gasteiger partial charge is 0.493 e. The van der Waals surface area contributed by atoms with Crippen LogP contribution in [0.15, 0.2) is 76.5 Å². The topological polar surface area (TPSA) is 119 Å². The molecule has 0 saturated carbocycles. The Hall–Kier alpha value is -3.57. The van der Waals surface area contributed by atoms with Gasteiger partial charge in [-0.15, -0.1) is 0 Å². The number of carbonyl (C=O) groups is 1. The third-order valence-electron chi connectivity index (χ3n) is 5.74. The second-order valence-electron chi connectivity index (χ2n) is 8.49. The predicted molar refractivity (Wildman–Crippen MR) is 141 cm³/mol. The van der Waals surface area contributed by atoms with E-state index in [1.54, 1.807) is 43.3 Å². The SMILES string of the molecule is COc1ccc(S(=O)(=O)N(CC(=O)N[C@H](C)c2ccc(S(C)(=O)=O)cc2)c2ccc(C)cc2)cc1OC. The maximum atomic E-state index is 13.7. The van der Waals surface area contributed by atoms with Gasteiger partial charge in [-0.05, 0) is 55.8 Å². The van der Waals surface area contributed by atoms with Gasteiger partial charge in [0.25, 0.3) is 10.0 Å². The Balaban J connectivity index is 1.90. The van der Waals surface area contributed by atoms with Crippen LogP contribution in [0.25, 0.3) is 0 Å². The van der Waals surface area contributed by atoms with E-state index in [9.17, 15) is 21.6 Å². The van der Waals surface area contributed by atoms with E-state index in [0.29, 0.717) is 17.0 Å². The highest BCUT2D eigenvalue weighted by Gasteiger charge is 2.29. The molecule has 0 aliphatic rings. The van der Waals surface area contributed by atoms with Crippen LogP contribution in [0.3, 0.4) is 0 Å². The van der Waals surface area contributed by atoms with Gasteiger partial charge in [-0.1, -0.05) is 29.8 Å². The van der Waals surface area contributed by atoms with E-state index in [4.69, 9.17) is 9.47 Å². The van der Waals surface area contributed by atoms with Crippen molar-refractivity contribution in [2.75, 3.05) is 31.3 Å². The number of nitrogens with one attached hydrogen (secondary N) is 1. The standard InChI is InChI=1S/C26H30N2O7S2/c1-18-6-10-21(11-7-18)28(37(32,33)23-14-15-24(34-3)25(16-23)35-4)17-26(29)27-19(2)20-8-12-22(13-9-20)36(5,30)31/h6-16,19H,17H2,1-5H3,(H,27,29)/t19-/m1/s1. The summed E-state index contributed by atoms with van der Waals surface area (Å²) in [4.78, 5) is 13.1. The minimum Gasteiger partial charge on any atom is -0.493 e. The van der Waals surface area contributed by atoms with Crippen LogP contribution in [0, 0.1) is 6.92 Å². The number of amides is 1. The number of anilines is 1. The number of rotatable bonds is 10. The van der Waals surface area contributed by atoms with E-state index < -0.39 is 38.4 Å². The first-order chi connectivity index (χ1) is 17.4. The van der Waals surface area contributed by atoms with Gasteiger partial charge in [0, 0.05) is 12.3 Å². The zero-order valence-corrected chi connectivity index (χ0v) is 22.9. The van der Waals surface area contributed by atoms with Crippen molar-refractivity contribution in [3.05, 3.63) is 77.9 Å². The molecule has 0 aromatic heterocycles. The lowest BCUT2D eigenvalue weighted by Crippen LogP contribution is -2.41. The Labute approximate surface area is 218 Å². The van der Waals surface area contributed by atoms with Crippen molar-refractivity contribution in [1.82, 2.24) is 5.32 Å². The first-order valence-corrected chi connectivity index (χ1v) is 14.6. The summed E-state index contributed by atoms with van der Waals surface area (Å²) >= 11 is 0. The number of sulfonamides is 1. The van der Waals surface area contributed by atoms with E-state index in [1.165, 1.54) is 44.6 Å². The molecule has 3 aromatic carbocycles. The molecule has 198 valence electrons. The molecule has 0 bridgehead atoms. The number of hydrogen-bond donors (Lipinski definition) is 1. The molecule has 0 aliphatic heterocycles. The smallest absolute Gasteiger partial charge is 0.264 e. The first kappa shape index (κ1) is 28.0. The van der Waals surface area contributed by atoms with E-state index in [2.05, 4.69) is 5.32 Å². The van der Waals surface area contributed by atoms with Crippen molar-refractivity contribution >= 4 is 31.5 Å². The molecule has 3 rings (SSSR count). The van der Waals surface area contributed by atoms with Crippen LogP contribution in [0.2, 0.25) is 0 Å². The van der Waals surface area contributed by atoms with Crippen molar-refractivity contribution in [2.24, 2.45) is 0 Å². The summed E-state index contributed by atoms with van der Waals surface area (Å²) in [6.45, 7) is 3.12. The number of methoxy groups -OCH3 is 2. The van der Waals surface area contributed by atoms with Crippen LogP contribution in [-0.2, 0) is 24.7 Å². The lowest BCUT2D eigenvalue weighted by molar-refractivity contribution is -0.120. The molecule has 37 heavy (non-hydrogen) atoms. The third-order valence-corrected chi connectivity index (χ3v) is 8.64. The van der Waals surface area contributed by atoms with Gasteiger partial charge in [0.05, 0.1) is 35.7 Å². The lowest BCUT2D eigenvalue weighted by atomic mass is 10.1. The van der Waals surface area contributed by atoms with Gasteiger partial charge in [-0.3, -0.25) is 9.10 Å². The number of benzene rings is 3. The van der Waals surface area contributed by atoms with Crippen LogP contribution >= 0.6 is 0 Å². The Kier molecular flexibility index (Phi) is 8.49. The maximum absolute atomic E-state index is 13.7. The van der Waals surface area contributed by atoms with Gasteiger partial charge in [0.2, 0.25) is 5.91 Å². The molecule has 0 unspecified atom stereocenters. The van der Waals surface area contributed by atoms with Gasteiger partial charge in [0.15, 0.2) is 21.3 Å². The van der Waals surface area contributed by atoms with Crippen LogP contribution in [-0.4, -0.2) is 49.8 Å². The highest BCUT2D eigenvalue weighted by molar-refractivity contribution is 7.93. The van der Waals surface area contributed by atoms with Crippen LogP contribution < -0.4 is 19.1 Å². The summed E-state index contributed by atoms with van der Waals surface area (Å²) in [5, 5.41) is 2.79. The van der Waals surface area contributed by atoms with Crippen molar-refractivity contribution < 1.29 is 31.1 Å². The molecule has 11 heteroatoms. The number of ether oxygens (including phenoxy) is 2. The van der Waals surface area contributed by atoms with Crippen molar-refractivity contribution in [3.63, 3.8) is 0 Å². The Bertz CT molecular complexity index is 1470. The molecule has 0 spiro atoms. The molecule has 0 fully saturated rings. The Morgan fingerprint density at radius 1 is 0.865 bits per heavy atom. The predicted octanol–water partition coefficient (Wildman–Crippen LogP) is 3.49. The summed E-state index contributed by atoms with van der Waals surface area (Å²) in [6, 6.07) is 16.7. The monoisotopic (exact) mass is 546 g/mol. The van der Waals surface area contributed by atoms with Crippen molar-refractivity contribution in [1.29, 1.82) is 0 Å². The number of carbonyl (C=O) groups excluding carboxylic acids is 1. The zero-order valence-electron chi connectivity index (χ0n) is 21.3. The highest BCUT2D eigenvalue weighted by atomic mass is 32.2.